The Balaban J connectivity index is 2.31. The molecule has 1 atom stereocenters. The summed E-state index contributed by atoms with van der Waals surface area (Å²) in [6.07, 6.45) is 5.36. The first-order valence-corrected chi connectivity index (χ1v) is 8.36. The van der Waals surface area contributed by atoms with Crippen LogP contribution in [0.2, 0.25) is 0 Å². The Morgan fingerprint density at radius 2 is 2.14 bits per heavy atom. The topological polar surface area (TPSA) is 24.5 Å². The van der Waals surface area contributed by atoms with Gasteiger partial charge in [-0.1, -0.05) is 13.0 Å². The molecule has 1 aliphatic rings. The number of nitrogens with zero attached hydrogens (tertiary/aromatic N) is 1. The van der Waals surface area contributed by atoms with Gasteiger partial charge in [-0.3, -0.25) is 0 Å². The summed E-state index contributed by atoms with van der Waals surface area (Å²) in [5, 5.41) is 3.21. The first-order chi connectivity index (χ1) is 10.2. The highest BCUT2D eigenvalue weighted by atomic mass is 16.5. The van der Waals surface area contributed by atoms with Gasteiger partial charge in [-0.2, -0.15) is 0 Å². The second kappa shape index (κ2) is 7.69. The van der Waals surface area contributed by atoms with Crippen molar-refractivity contribution in [1.29, 1.82) is 0 Å². The summed E-state index contributed by atoms with van der Waals surface area (Å²) in [5.41, 5.74) is 2.55. The van der Waals surface area contributed by atoms with E-state index in [0.717, 1.165) is 18.8 Å². The van der Waals surface area contributed by atoms with Gasteiger partial charge in [-0.05, 0) is 64.3 Å². The molecule has 1 unspecified atom stereocenters. The molecule has 1 saturated heterocycles. The normalized spacial score (nSPS) is 19.1. The van der Waals surface area contributed by atoms with Crippen LogP contribution in [0.15, 0.2) is 18.2 Å². The van der Waals surface area contributed by atoms with Crippen molar-refractivity contribution < 1.29 is 4.74 Å². The molecule has 0 aromatic heterocycles. The van der Waals surface area contributed by atoms with E-state index in [2.05, 4.69) is 49.2 Å². The van der Waals surface area contributed by atoms with Crippen LogP contribution in [0.3, 0.4) is 0 Å². The standard InChI is InChI=1S/C18H30N2O/c1-5-16-8-6-7-11-20(16)17-10-9-15(13-19-4)12-18(17)21-14(2)3/h9-10,12,14,16,19H,5-8,11,13H2,1-4H3. The maximum Gasteiger partial charge on any atom is 0.143 e. The third-order valence-electron chi connectivity index (χ3n) is 4.18. The number of hydrogen-bond acceptors (Lipinski definition) is 3. The van der Waals surface area contributed by atoms with Crippen LogP contribution < -0.4 is 15.0 Å². The molecule has 3 heteroatoms. The van der Waals surface area contributed by atoms with Gasteiger partial charge >= 0.3 is 0 Å². The van der Waals surface area contributed by atoms with Crippen LogP contribution in [-0.4, -0.2) is 25.7 Å². The van der Waals surface area contributed by atoms with Crippen molar-refractivity contribution in [3.8, 4) is 5.75 Å². The van der Waals surface area contributed by atoms with Crippen molar-refractivity contribution in [2.24, 2.45) is 0 Å². The Hall–Kier alpha value is -1.22. The predicted octanol–water partition coefficient (Wildman–Crippen LogP) is 3.96. The average molecular weight is 290 g/mol. The van der Waals surface area contributed by atoms with Gasteiger partial charge in [0, 0.05) is 19.1 Å². The van der Waals surface area contributed by atoms with Crippen LogP contribution in [0, 0.1) is 0 Å². The van der Waals surface area contributed by atoms with Crippen molar-refractivity contribution in [3.63, 3.8) is 0 Å². The Morgan fingerprint density at radius 1 is 1.33 bits per heavy atom. The molecule has 1 heterocycles. The van der Waals surface area contributed by atoms with Gasteiger partial charge in [-0.25, -0.2) is 0 Å². The minimum absolute atomic E-state index is 0.207. The van der Waals surface area contributed by atoms with Crippen molar-refractivity contribution in [1.82, 2.24) is 5.32 Å². The fourth-order valence-corrected chi connectivity index (χ4v) is 3.20. The maximum atomic E-state index is 6.11. The number of anilines is 1. The van der Waals surface area contributed by atoms with Crippen LogP contribution >= 0.6 is 0 Å². The molecule has 2 rings (SSSR count). The molecule has 0 amide bonds. The van der Waals surface area contributed by atoms with Crippen molar-refractivity contribution >= 4 is 5.69 Å². The second-order valence-corrected chi connectivity index (χ2v) is 6.25. The fourth-order valence-electron chi connectivity index (χ4n) is 3.20. The number of piperidine rings is 1. The van der Waals surface area contributed by atoms with E-state index in [-0.39, 0.29) is 6.10 Å². The van der Waals surface area contributed by atoms with E-state index in [1.54, 1.807) is 0 Å². The fraction of sp³-hybridized carbons (Fsp3) is 0.667. The van der Waals surface area contributed by atoms with E-state index in [4.69, 9.17) is 4.74 Å². The van der Waals surface area contributed by atoms with E-state index in [0.29, 0.717) is 6.04 Å². The maximum absolute atomic E-state index is 6.11. The molecule has 0 radical (unpaired) electrons. The Bertz CT molecular complexity index is 445. The lowest BCUT2D eigenvalue weighted by Crippen LogP contribution is -2.39. The molecule has 0 saturated carbocycles. The summed E-state index contributed by atoms with van der Waals surface area (Å²) < 4.78 is 6.11. The number of ether oxygens (including phenoxy) is 1. The zero-order valence-electron chi connectivity index (χ0n) is 14.0. The second-order valence-electron chi connectivity index (χ2n) is 6.25. The Morgan fingerprint density at radius 3 is 2.81 bits per heavy atom. The predicted molar refractivity (Wildman–Crippen MR) is 90.2 cm³/mol. The molecule has 1 N–H and O–H groups in total. The molecular formula is C18H30N2O. The molecule has 0 aliphatic carbocycles. The van der Waals surface area contributed by atoms with E-state index >= 15 is 0 Å². The summed E-state index contributed by atoms with van der Waals surface area (Å²) in [7, 11) is 1.98. The zero-order valence-corrected chi connectivity index (χ0v) is 14.0. The Kier molecular flexibility index (Phi) is 5.92. The van der Waals surface area contributed by atoms with E-state index in [9.17, 15) is 0 Å². The summed E-state index contributed by atoms with van der Waals surface area (Å²) >= 11 is 0. The van der Waals surface area contributed by atoms with E-state index in [1.807, 2.05) is 7.05 Å². The molecule has 1 aliphatic heterocycles. The summed E-state index contributed by atoms with van der Waals surface area (Å²) in [4.78, 5) is 2.56. The van der Waals surface area contributed by atoms with Gasteiger partial charge in [0.15, 0.2) is 0 Å². The minimum atomic E-state index is 0.207. The number of nitrogens with one attached hydrogen (secondary N) is 1. The zero-order chi connectivity index (χ0) is 15.2. The van der Waals surface area contributed by atoms with E-state index < -0.39 is 0 Å². The SMILES string of the molecule is CCC1CCCCN1c1ccc(CNC)cc1OC(C)C. The lowest BCUT2D eigenvalue weighted by atomic mass is 9.98. The smallest absolute Gasteiger partial charge is 0.143 e. The van der Waals surface area contributed by atoms with Crippen LogP contribution in [-0.2, 0) is 6.54 Å². The largest absolute Gasteiger partial charge is 0.489 e. The molecular weight excluding hydrogens is 260 g/mol. The van der Waals surface area contributed by atoms with Crippen LogP contribution in [0.25, 0.3) is 0 Å². The van der Waals surface area contributed by atoms with Gasteiger partial charge in [0.05, 0.1) is 11.8 Å². The average Bonchev–Trinajstić information content (AvgIpc) is 2.47. The minimum Gasteiger partial charge on any atom is -0.489 e. The molecule has 21 heavy (non-hydrogen) atoms. The summed E-state index contributed by atoms with van der Waals surface area (Å²) in [6.45, 7) is 8.52. The highest BCUT2D eigenvalue weighted by molar-refractivity contribution is 5.61. The van der Waals surface area contributed by atoms with Crippen molar-refractivity contribution in [2.45, 2.75) is 65.1 Å². The highest BCUT2D eigenvalue weighted by Crippen LogP contribution is 2.35. The quantitative estimate of drug-likeness (QED) is 0.858. The molecule has 3 nitrogen and oxygen atoms in total. The van der Waals surface area contributed by atoms with Gasteiger partial charge in [-0.15, -0.1) is 0 Å². The molecule has 0 spiro atoms. The summed E-state index contributed by atoms with van der Waals surface area (Å²) in [5.74, 6) is 1.04. The van der Waals surface area contributed by atoms with Gasteiger partial charge in [0.25, 0.3) is 0 Å². The third-order valence-corrected chi connectivity index (χ3v) is 4.18. The Labute approximate surface area is 129 Å². The highest BCUT2D eigenvalue weighted by Gasteiger charge is 2.24. The lowest BCUT2D eigenvalue weighted by molar-refractivity contribution is 0.241. The van der Waals surface area contributed by atoms with Crippen LogP contribution in [0.1, 0.15) is 52.0 Å². The summed E-state index contributed by atoms with van der Waals surface area (Å²) in [6, 6.07) is 7.33. The molecule has 118 valence electrons. The van der Waals surface area contributed by atoms with Crippen molar-refractivity contribution in [2.75, 3.05) is 18.5 Å². The van der Waals surface area contributed by atoms with E-state index in [1.165, 1.54) is 36.9 Å². The van der Waals surface area contributed by atoms with Gasteiger partial charge < -0.3 is 15.0 Å². The monoisotopic (exact) mass is 290 g/mol. The first-order valence-electron chi connectivity index (χ1n) is 8.36. The van der Waals surface area contributed by atoms with Gasteiger partial charge in [0.2, 0.25) is 0 Å². The molecule has 1 aromatic rings. The van der Waals surface area contributed by atoms with Crippen LogP contribution in [0.5, 0.6) is 5.75 Å². The third kappa shape index (κ3) is 4.13. The first kappa shape index (κ1) is 16.2. The van der Waals surface area contributed by atoms with Gasteiger partial charge in [0.1, 0.15) is 5.75 Å². The molecule has 0 bridgehead atoms. The lowest BCUT2D eigenvalue weighted by Gasteiger charge is -2.38. The number of benzene rings is 1. The van der Waals surface area contributed by atoms with Crippen LogP contribution in [0.4, 0.5) is 5.69 Å². The van der Waals surface area contributed by atoms with Crippen molar-refractivity contribution in [3.05, 3.63) is 23.8 Å². The molecule has 1 fully saturated rings. The number of hydrogen-bond donors (Lipinski definition) is 1. The number of rotatable bonds is 6. The molecule has 1 aromatic carbocycles.